The molecule has 0 aliphatic carbocycles. The van der Waals surface area contributed by atoms with E-state index in [0.717, 1.165) is 16.7 Å². The summed E-state index contributed by atoms with van der Waals surface area (Å²) in [5, 5.41) is 8.35. The van der Waals surface area contributed by atoms with Gasteiger partial charge >= 0.3 is 12.1 Å². The van der Waals surface area contributed by atoms with E-state index in [2.05, 4.69) is 16.0 Å². The van der Waals surface area contributed by atoms with Crippen molar-refractivity contribution in [2.75, 3.05) is 36.8 Å². The number of carbonyl (C=O) groups excluding carboxylic acids is 3. The van der Waals surface area contributed by atoms with Crippen molar-refractivity contribution in [3.8, 4) is 0 Å². The molecule has 1 unspecified atom stereocenters. The zero-order valence-corrected chi connectivity index (χ0v) is 18.6. The topological polar surface area (TPSA) is 120 Å². The highest BCUT2D eigenvalue weighted by atomic mass is 16.2. The van der Waals surface area contributed by atoms with Crippen LogP contribution in [-0.4, -0.2) is 60.1 Å². The summed E-state index contributed by atoms with van der Waals surface area (Å²) in [4.78, 5) is 41.6. The zero-order chi connectivity index (χ0) is 23.3. The maximum absolute atomic E-state index is 13.0. The summed E-state index contributed by atoms with van der Waals surface area (Å²) in [5.41, 5.74) is 9.79. The number of nitrogens with zero attached hydrogens (tertiary/aromatic N) is 2. The molecule has 0 spiro atoms. The molecular formula is C23H30N6O3. The van der Waals surface area contributed by atoms with Gasteiger partial charge in [0.2, 0.25) is 0 Å². The van der Waals surface area contributed by atoms with Crippen LogP contribution in [0.15, 0.2) is 42.5 Å². The Morgan fingerprint density at radius 1 is 0.875 bits per heavy atom. The van der Waals surface area contributed by atoms with Gasteiger partial charge < -0.3 is 21.7 Å². The standard InChI is InChI=1S/C23H30N6O3/c1-15-5-4-6-18(12-15)26-22(31)28-9-10-29(21(28)20(30)25-8-7-24)23(32)27-19-13-16(2)11-17(3)14-19/h4-6,11-14,21H,7-10,24H2,1-3H3,(H,25,30)(H,26,31)(H,27,32). The van der Waals surface area contributed by atoms with Crippen LogP contribution in [0, 0.1) is 20.8 Å². The molecular weight excluding hydrogens is 408 g/mol. The van der Waals surface area contributed by atoms with Crippen LogP contribution in [-0.2, 0) is 4.79 Å². The van der Waals surface area contributed by atoms with Crippen LogP contribution in [0.1, 0.15) is 16.7 Å². The molecule has 9 heteroatoms. The average Bonchev–Trinajstić information content (AvgIpc) is 3.17. The third-order valence-corrected chi connectivity index (χ3v) is 5.11. The lowest BCUT2D eigenvalue weighted by molar-refractivity contribution is -0.127. The van der Waals surface area contributed by atoms with Crippen molar-refractivity contribution < 1.29 is 14.4 Å². The molecule has 1 fully saturated rings. The van der Waals surface area contributed by atoms with E-state index in [1.54, 1.807) is 6.07 Å². The maximum Gasteiger partial charge on any atom is 0.323 e. The summed E-state index contributed by atoms with van der Waals surface area (Å²) in [6.45, 7) is 6.75. The van der Waals surface area contributed by atoms with Gasteiger partial charge in [0.05, 0.1) is 0 Å². The van der Waals surface area contributed by atoms with E-state index in [9.17, 15) is 14.4 Å². The summed E-state index contributed by atoms with van der Waals surface area (Å²) < 4.78 is 0. The third-order valence-electron chi connectivity index (χ3n) is 5.11. The molecule has 0 radical (unpaired) electrons. The van der Waals surface area contributed by atoms with Crippen molar-refractivity contribution in [1.29, 1.82) is 0 Å². The largest absolute Gasteiger partial charge is 0.351 e. The first-order chi connectivity index (χ1) is 15.3. The molecule has 1 aliphatic rings. The Morgan fingerprint density at radius 3 is 2.00 bits per heavy atom. The van der Waals surface area contributed by atoms with Gasteiger partial charge in [-0.15, -0.1) is 0 Å². The average molecular weight is 439 g/mol. The van der Waals surface area contributed by atoms with Crippen LogP contribution in [0.5, 0.6) is 0 Å². The summed E-state index contributed by atoms with van der Waals surface area (Å²) in [6, 6.07) is 12.2. The Balaban J connectivity index is 1.79. The summed E-state index contributed by atoms with van der Waals surface area (Å²) in [7, 11) is 0. The molecule has 0 aromatic heterocycles. The van der Waals surface area contributed by atoms with Crippen molar-refractivity contribution >= 4 is 29.3 Å². The lowest BCUT2D eigenvalue weighted by atomic mass is 10.1. The number of hydrogen-bond donors (Lipinski definition) is 4. The summed E-state index contributed by atoms with van der Waals surface area (Å²) in [6.07, 6.45) is -1.09. The first-order valence-corrected chi connectivity index (χ1v) is 10.6. The van der Waals surface area contributed by atoms with Crippen LogP contribution >= 0.6 is 0 Å². The molecule has 0 bridgehead atoms. The van der Waals surface area contributed by atoms with Gasteiger partial charge in [0.15, 0.2) is 6.17 Å². The van der Waals surface area contributed by atoms with Gasteiger partial charge in [0.1, 0.15) is 0 Å². The Morgan fingerprint density at radius 2 is 1.44 bits per heavy atom. The molecule has 5 amide bonds. The van der Waals surface area contributed by atoms with Crippen molar-refractivity contribution in [3.63, 3.8) is 0 Å². The van der Waals surface area contributed by atoms with Crippen molar-refractivity contribution in [1.82, 2.24) is 15.1 Å². The number of rotatable bonds is 5. The predicted octanol–water partition coefficient (Wildman–Crippen LogP) is 2.39. The Hall–Kier alpha value is -3.59. The number of anilines is 2. The van der Waals surface area contributed by atoms with E-state index in [-0.39, 0.29) is 26.2 Å². The lowest BCUT2D eigenvalue weighted by Crippen LogP contribution is -2.55. The van der Waals surface area contributed by atoms with Gasteiger partial charge in [-0.2, -0.15) is 0 Å². The molecule has 2 aromatic rings. The van der Waals surface area contributed by atoms with E-state index in [0.29, 0.717) is 11.4 Å². The third kappa shape index (κ3) is 5.55. The lowest BCUT2D eigenvalue weighted by Gasteiger charge is -2.29. The molecule has 1 saturated heterocycles. The molecule has 170 valence electrons. The zero-order valence-electron chi connectivity index (χ0n) is 18.6. The second-order valence-corrected chi connectivity index (χ2v) is 7.95. The van der Waals surface area contributed by atoms with E-state index in [4.69, 9.17) is 5.73 Å². The van der Waals surface area contributed by atoms with Gasteiger partial charge in [-0.25, -0.2) is 9.59 Å². The van der Waals surface area contributed by atoms with Crippen molar-refractivity contribution in [3.05, 3.63) is 59.2 Å². The van der Waals surface area contributed by atoms with Crippen LogP contribution in [0.3, 0.4) is 0 Å². The first kappa shape index (κ1) is 23.1. The fourth-order valence-corrected chi connectivity index (χ4v) is 3.78. The highest BCUT2D eigenvalue weighted by Crippen LogP contribution is 2.21. The number of aryl methyl sites for hydroxylation is 3. The molecule has 9 nitrogen and oxygen atoms in total. The molecule has 32 heavy (non-hydrogen) atoms. The monoisotopic (exact) mass is 438 g/mol. The summed E-state index contributed by atoms with van der Waals surface area (Å²) in [5.74, 6) is -0.456. The Kier molecular flexibility index (Phi) is 7.32. The van der Waals surface area contributed by atoms with Crippen LogP contribution < -0.4 is 21.7 Å². The first-order valence-electron chi connectivity index (χ1n) is 10.6. The molecule has 3 rings (SSSR count). The molecule has 5 N–H and O–H groups in total. The van der Waals surface area contributed by atoms with Crippen molar-refractivity contribution in [2.45, 2.75) is 26.9 Å². The smallest absolute Gasteiger partial charge is 0.323 e. The Bertz CT molecular complexity index is 989. The highest BCUT2D eigenvalue weighted by molar-refractivity contribution is 5.98. The van der Waals surface area contributed by atoms with Crippen LogP contribution in [0.25, 0.3) is 0 Å². The minimum atomic E-state index is -1.09. The summed E-state index contributed by atoms with van der Waals surface area (Å²) >= 11 is 0. The normalized spacial score (nSPS) is 15.4. The quantitative estimate of drug-likeness (QED) is 0.573. The van der Waals surface area contributed by atoms with Gasteiger partial charge in [-0.3, -0.25) is 14.6 Å². The van der Waals surface area contributed by atoms with Crippen molar-refractivity contribution in [2.24, 2.45) is 5.73 Å². The molecule has 0 saturated carbocycles. The minimum Gasteiger partial charge on any atom is -0.351 e. The number of urea groups is 2. The highest BCUT2D eigenvalue weighted by Gasteiger charge is 2.42. The SMILES string of the molecule is Cc1cccc(NC(=O)N2CCN(C(=O)Nc3cc(C)cc(C)c3)C2C(=O)NCCN)c1. The van der Waals surface area contributed by atoms with Gasteiger partial charge in [-0.1, -0.05) is 18.2 Å². The van der Waals surface area contributed by atoms with Crippen LogP contribution in [0.4, 0.5) is 21.0 Å². The molecule has 1 heterocycles. The number of nitrogens with two attached hydrogens (primary N) is 1. The maximum atomic E-state index is 13.0. The number of carbonyl (C=O) groups is 3. The number of amides is 5. The second kappa shape index (κ2) is 10.1. The van der Waals surface area contributed by atoms with E-state index in [1.807, 2.05) is 57.2 Å². The number of nitrogens with one attached hydrogen (secondary N) is 3. The Labute approximate surface area is 187 Å². The second-order valence-electron chi connectivity index (χ2n) is 7.95. The fraction of sp³-hybridized carbons (Fsp3) is 0.348. The van der Waals surface area contributed by atoms with Gasteiger partial charge in [0, 0.05) is 37.6 Å². The molecule has 1 aliphatic heterocycles. The number of benzene rings is 2. The predicted molar refractivity (Wildman–Crippen MR) is 124 cm³/mol. The van der Waals surface area contributed by atoms with Gasteiger partial charge in [0.25, 0.3) is 5.91 Å². The van der Waals surface area contributed by atoms with E-state index in [1.165, 1.54) is 9.80 Å². The minimum absolute atomic E-state index is 0.221. The molecule has 1 atom stereocenters. The van der Waals surface area contributed by atoms with E-state index >= 15 is 0 Å². The van der Waals surface area contributed by atoms with Crippen LogP contribution in [0.2, 0.25) is 0 Å². The van der Waals surface area contributed by atoms with Gasteiger partial charge in [-0.05, 0) is 61.7 Å². The number of hydrogen-bond acceptors (Lipinski definition) is 4. The molecule has 2 aromatic carbocycles. The fourth-order valence-electron chi connectivity index (χ4n) is 3.78. The van der Waals surface area contributed by atoms with E-state index < -0.39 is 24.1 Å².